The summed E-state index contributed by atoms with van der Waals surface area (Å²) in [6, 6.07) is 0. The molecule has 1 aromatic rings. The number of hydrogen-bond donors (Lipinski definition) is 1. The summed E-state index contributed by atoms with van der Waals surface area (Å²) in [5.41, 5.74) is 0.430. The molecule has 4 nitrogen and oxygen atoms in total. The van der Waals surface area contributed by atoms with Gasteiger partial charge in [-0.25, -0.2) is 4.98 Å². The van der Waals surface area contributed by atoms with Crippen molar-refractivity contribution in [3.63, 3.8) is 0 Å². The Labute approximate surface area is 97.7 Å². The fourth-order valence-corrected chi connectivity index (χ4v) is 2.50. The molecule has 0 amide bonds. The molecule has 1 aromatic heterocycles. The monoisotopic (exact) mass is 222 g/mol. The number of aromatic nitrogens is 2. The highest BCUT2D eigenvalue weighted by molar-refractivity contribution is 4.92. The summed E-state index contributed by atoms with van der Waals surface area (Å²) >= 11 is 0. The standard InChI is InChI=1S/C12H22N4/c1-12(4-5-13-9-12)10-15(2)8-11-14-6-7-16(11)3/h6-7,13H,4-5,8-10H2,1-3H3. The second kappa shape index (κ2) is 4.55. The summed E-state index contributed by atoms with van der Waals surface area (Å²) in [5, 5.41) is 3.44. The first-order chi connectivity index (χ1) is 7.59. The van der Waals surface area contributed by atoms with Gasteiger partial charge in [-0.2, -0.15) is 0 Å². The molecule has 0 saturated carbocycles. The Hall–Kier alpha value is -0.870. The van der Waals surface area contributed by atoms with Gasteiger partial charge in [-0.15, -0.1) is 0 Å². The van der Waals surface area contributed by atoms with Crippen molar-refractivity contribution in [3.8, 4) is 0 Å². The maximum atomic E-state index is 4.36. The van der Waals surface area contributed by atoms with E-state index < -0.39 is 0 Å². The molecular formula is C12H22N4. The molecule has 1 N–H and O–H groups in total. The van der Waals surface area contributed by atoms with Crippen molar-refractivity contribution in [1.82, 2.24) is 19.8 Å². The largest absolute Gasteiger partial charge is 0.337 e. The van der Waals surface area contributed by atoms with E-state index in [0.717, 1.165) is 32.0 Å². The van der Waals surface area contributed by atoms with E-state index in [1.165, 1.54) is 6.42 Å². The minimum atomic E-state index is 0.430. The van der Waals surface area contributed by atoms with Crippen molar-refractivity contribution in [1.29, 1.82) is 0 Å². The Morgan fingerprint density at radius 2 is 2.44 bits per heavy atom. The van der Waals surface area contributed by atoms with E-state index in [1.54, 1.807) is 0 Å². The van der Waals surface area contributed by atoms with Crippen molar-refractivity contribution >= 4 is 0 Å². The van der Waals surface area contributed by atoms with Gasteiger partial charge in [-0.1, -0.05) is 6.92 Å². The summed E-state index contributed by atoms with van der Waals surface area (Å²) in [4.78, 5) is 6.73. The summed E-state index contributed by atoms with van der Waals surface area (Å²) < 4.78 is 2.09. The molecule has 0 aliphatic carbocycles. The van der Waals surface area contributed by atoms with Gasteiger partial charge < -0.3 is 9.88 Å². The number of rotatable bonds is 4. The van der Waals surface area contributed by atoms with Gasteiger partial charge in [0.1, 0.15) is 5.82 Å². The number of hydrogen-bond acceptors (Lipinski definition) is 3. The van der Waals surface area contributed by atoms with Gasteiger partial charge in [0.05, 0.1) is 6.54 Å². The predicted molar refractivity (Wildman–Crippen MR) is 65.1 cm³/mol. The van der Waals surface area contributed by atoms with Crippen molar-refractivity contribution in [2.24, 2.45) is 12.5 Å². The van der Waals surface area contributed by atoms with Crippen molar-refractivity contribution in [2.45, 2.75) is 19.9 Å². The Bertz CT molecular complexity index is 339. The van der Waals surface area contributed by atoms with Crippen LogP contribution < -0.4 is 5.32 Å². The van der Waals surface area contributed by atoms with Crippen molar-refractivity contribution in [2.75, 3.05) is 26.7 Å². The van der Waals surface area contributed by atoms with Crippen LogP contribution in [0.4, 0.5) is 0 Å². The van der Waals surface area contributed by atoms with E-state index >= 15 is 0 Å². The summed E-state index contributed by atoms with van der Waals surface area (Å²) in [5.74, 6) is 1.14. The highest BCUT2D eigenvalue weighted by Gasteiger charge is 2.29. The smallest absolute Gasteiger partial charge is 0.122 e. The van der Waals surface area contributed by atoms with Gasteiger partial charge in [0.2, 0.25) is 0 Å². The molecule has 2 heterocycles. The minimum absolute atomic E-state index is 0.430. The molecule has 90 valence electrons. The average Bonchev–Trinajstić information content (AvgIpc) is 2.77. The topological polar surface area (TPSA) is 33.1 Å². The molecule has 16 heavy (non-hydrogen) atoms. The highest BCUT2D eigenvalue weighted by Crippen LogP contribution is 2.25. The van der Waals surface area contributed by atoms with Gasteiger partial charge in [0, 0.05) is 32.5 Å². The quantitative estimate of drug-likeness (QED) is 0.820. The third kappa shape index (κ3) is 2.62. The molecule has 0 aromatic carbocycles. The number of nitrogens with zero attached hydrogens (tertiary/aromatic N) is 3. The van der Waals surface area contributed by atoms with Crippen LogP contribution in [0.5, 0.6) is 0 Å². The Balaban J connectivity index is 1.89. The number of nitrogens with one attached hydrogen (secondary N) is 1. The van der Waals surface area contributed by atoms with E-state index in [-0.39, 0.29) is 0 Å². The lowest BCUT2D eigenvalue weighted by atomic mass is 9.89. The lowest BCUT2D eigenvalue weighted by Crippen LogP contribution is -2.35. The van der Waals surface area contributed by atoms with E-state index in [2.05, 4.69) is 40.8 Å². The fraction of sp³-hybridized carbons (Fsp3) is 0.750. The molecule has 0 bridgehead atoms. The van der Waals surface area contributed by atoms with Gasteiger partial charge in [-0.3, -0.25) is 4.90 Å². The Morgan fingerprint density at radius 1 is 1.62 bits per heavy atom. The van der Waals surface area contributed by atoms with Gasteiger partial charge in [0.25, 0.3) is 0 Å². The molecule has 1 aliphatic rings. The van der Waals surface area contributed by atoms with E-state index in [1.807, 2.05) is 12.4 Å². The third-order valence-corrected chi connectivity index (χ3v) is 3.44. The first-order valence-electron chi connectivity index (χ1n) is 5.95. The zero-order chi connectivity index (χ0) is 11.6. The van der Waals surface area contributed by atoms with Crippen LogP contribution in [0.15, 0.2) is 12.4 Å². The summed E-state index contributed by atoms with van der Waals surface area (Å²) in [6.07, 6.45) is 5.14. The first-order valence-corrected chi connectivity index (χ1v) is 5.95. The van der Waals surface area contributed by atoms with Crippen LogP contribution >= 0.6 is 0 Å². The van der Waals surface area contributed by atoms with Crippen LogP contribution in [0.1, 0.15) is 19.2 Å². The highest BCUT2D eigenvalue weighted by atomic mass is 15.2. The Morgan fingerprint density at radius 3 is 3.00 bits per heavy atom. The average molecular weight is 222 g/mol. The normalized spacial score (nSPS) is 25.5. The molecular weight excluding hydrogens is 200 g/mol. The van der Waals surface area contributed by atoms with Crippen molar-refractivity contribution in [3.05, 3.63) is 18.2 Å². The van der Waals surface area contributed by atoms with E-state index in [9.17, 15) is 0 Å². The lowest BCUT2D eigenvalue weighted by Gasteiger charge is -2.28. The van der Waals surface area contributed by atoms with Crippen LogP contribution in [0.2, 0.25) is 0 Å². The van der Waals surface area contributed by atoms with Gasteiger partial charge >= 0.3 is 0 Å². The maximum Gasteiger partial charge on any atom is 0.122 e. The van der Waals surface area contributed by atoms with Crippen LogP contribution in [-0.4, -0.2) is 41.1 Å². The fourth-order valence-electron chi connectivity index (χ4n) is 2.50. The van der Waals surface area contributed by atoms with E-state index in [4.69, 9.17) is 0 Å². The number of aryl methyl sites for hydroxylation is 1. The molecule has 1 fully saturated rings. The van der Waals surface area contributed by atoms with Gasteiger partial charge in [0.15, 0.2) is 0 Å². The van der Waals surface area contributed by atoms with Crippen LogP contribution in [0.3, 0.4) is 0 Å². The number of imidazole rings is 1. The molecule has 1 unspecified atom stereocenters. The second-order valence-electron chi connectivity index (χ2n) is 5.36. The molecule has 2 rings (SSSR count). The maximum absolute atomic E-state index is 4.36. The summed E-state index contributed by atoms with van der Waals surface area (Å²) in [7, 11) is 4.23. The van der Waals surface area contributed by atoms with Crippen LogP contribution in [0.25, 0.3) is 0 Å². The Kier molecular flexibility index (Phi) is 3.30. The molecule has 1 atom stereocenters. The zero-order valence-corrected chi connectivity index (χ0v) is 10.5. The minimum Gasteiger partial charge on any atom is -0.337 e. The predicted octanol–water partition coefficient (Wildman–Crippen LogP) is 0.851. The van der Waals surface area contributed by atoms with E-state index in [0.29, 0.717) is 5.41 Å². The second-order valence-corrected chi connectivity index (χ2v) is 5.36. The van der Waals surface area contributed by atoms with Gasteiger partial charge in [-0.05, 0) is 25.4 Å². The SMILES string of the molecule is CN(Cc1nccn1C)CC1(C)CCNC1. The summed E-state index contributed by atoms with van der Waals surface area (Å²) in [6.45, 7) is 6.72. The van der Waals surface area contributed by atoms with Crippen LogP contribution in [-0.2, 0) is 13.6 Å². The van der Waals surface area contributed by atoms with Crippen LogP contribution in [0, 0.1) is 5.41 Å². The molecule has 4 heteroatoms. The van der Waals surface area contributed by atoms with Crippen molar-refractivity contribution < 1.29 is 0 Å². The zero-order valence-electron chi connectivity index (χ0n) is 10.5. The third-order valence-electron chi connectivity index (χ3n) is 3.44. The molecule has 0 radical (unpaired) electrons. The lowest BCUT2D eigenvalue weighted by molar-refractivity contribution is 0.199. The molecule has 1 saturated heterocycles. The molecule has 0 spiro atoms. The first kappa shape index (κ1) is 11.6. The molecule has 1 aliphatic heterocycles.